The maximum atomic E-state index is 12.5. The number of hydrogen-bond donors (Lipinski definition) is 2. The number of aliphatic carboxylic acids is 1. The van der Waals surface area contributed by atoms with Crippen molar-refractivity contribution in [2.24, 2.45) is 0 Å². The zero-order valence-corrected chi connectivity index (χ0v) is 12.3. The molecular weight excluding hydrogens is 282 g/mol. The van der Waals surface area contributed by atoms with Gasteiger partial charge in [0.15, 0.2) is 0 Å². The van der Waals surface area contributed by atoms with Gasteiger partial charge >= 0.3 is 5.97 Å². The summed E-state index contributed by atoms with van der Waals surface area (Å²) in [6.45, 7) is 0.165. The van der Waals surface area contributed by atoms with Crippen LogP contribution in [0.15, 0.2) is 29.8 Å². The van der Waals surface area contributed by atoms with Gasteiger partial charge in [0.1, 0.15) is 17.9 Å². The summed E-state index contributed by atoms with van der Waals surface area (Å²) in [4.78, 5) is 24.1. The van der Waals surface area contributed by atoms with E-state index in [2.05, 4.69) is 5.32 Å². The second-order valence-electron chi connectivity index (χ2n) is 5.90. The third-order valence-corrected chi connectivity index (χ3v) is 4.39. The molecule has 0 radical (unpaired) electrons. The number of para-hydroxylation sites is 1. The number of hydrogen-bond acceptors (Lipinski definition) is 3. The third kappa shape index (κ3) is 2.71. The van der Waals surface area contributed by atoms with Crippen LogP contribution in [0.3, 0.4) is 0 Å². The predicted molar refractivity (Wildman–Crippen MR) is 81.5 cm³/mol. The van der Waals surface area contributed by atoms with Crippen LogP contribution < -0.4 is 10.1 Å². The molecule has 1 aromatic carbocycles. The van der Waals surface area contributed by atoms with Crippen molar-refractivity contribution in [1.29, 1.82) is 0 Å². The van der Waals surface area contributed by atoms with Crippen LogP contribution in [-0.2, 0) is 9.59 Å². The molecule has 1 heterocycles. The van der Waals surface area contributed by atoms with Gasteiger partial charge in [0.05, 0.1) is 5.57 Å². The van der Waals surface area contributed by atoms with Gasteiger partial charge in [-0.2, -0.15) is 0 Å². The Bertz CT molecular complexity index is 629. The lowest BCUT2D eigenvalue weighted by Gasteiger charge is -2.34. The van der Waals surface area contributed by atoms with Crippen molar-refractivity contribution < 1.29 is 19.4 Å². The molecule has 2 N–H and O–H groups in total. The van der Waals surface area contributed by atoms with Crippen LogP contribution in [0.5, 0.6) is 5.75 Å². The minimum Gasteiger partial charge on any atom is -0.488 e. The smallest absolute Gasteiger partial charge is 0.329 e. The zero-order valence-electron chi connectivity index (χ0n) is 12.3. The molecule has 2 aliphatic rings. The number of nitrogens with one attached hydrogen (secondary N) is 1. The summed E-state index contributed by atoms with van der Waals surface area (Å²) in [7, 11) is 0. The molecule has 5 heteroatoms. The molecule has 1 aromatic rings. The fourth-order valence-electron chi connectivity index (χ4n) is 3.09. The van der Waals surface area contributed by atoms with Gasteiger partial charge in [0.2, 0.25) is 0 Å². The van der Waals surface area contributed by atoms with E-state index in [-0.39, 0.29) is 12.5 Å². The van der Waals surface area contributed by atoms with Gasteiger partial charge in [-0.1, -0.05) is 37.5 Å². The van der Waals surface area contributed by atoms with Crippen molar-refractivity contribution in [3.8, 4) is 5.75 Å². The van der Waals surface area contributed by atoms with Crippen LogP contribution >= 0.6 is 0 Å². The SMILES string of the molecule is O=C(NC1(C(=O)O)CCCCC1)C1=Cc2ccccc2OC1. The molecule has 1 aliphatic heterocycles. The van der Waals surface area contributed by atoms with Crippen molar-refractivity contribution >= 4 is 18.0 Å². The van der Waals surface area contributed by atoms with E-state index in [1.807, 2.05) is 24.3 Å². The number of fused-ring (bicyclic) bond motifs is 1. The first-order valence-corrected chi connectivity index (χ1v) is 7.59. The monoisotopic (exact) mass is 301 g/mol. The van der Waals surface area contributed by atoms with Crippen LogP contribution in [0.4, 0.5) is 0 Å². The summed E-state index contributed by atoms with van der Waals surface area (Å²) >= 11 is 0. The lowest BCUT2D eigenvalue weighted by Crippen LogP contribution is -2.56. The first kappa shape index (κ1) is 14.6. The summed E-state index contributed by atoms with van der Waals surface area (Å²) < 4.78 is 5.56. The largest absolute Gasteiger partial charge is 0.488 e. The predicted octanol–water partition coefficient (Wildman–Crippen LogP) is 2.37. The molecule has 3 rings (SSSR count). The Kier molecular flexibility index (Phi) is 3.88. The second-order valence-corrected chi connectivity index (χ2v) is 5.90. The van der Waals surface area contributed by atoms with Crippen molar-refractivity contribution in [2.75, 3.05) is 6.61 Å². The van der Waals surface area contributed by atoms with Crippen molar-refractivity contribution in [2.45, 2.75) is 37.6 Å². The number of carboxylic acid groups (broad SMARTS) is 1. The van der Waals surface area contributed by atoms with Crippen molar-refractivity contribution in [3.05, 3.63) is 35.4 Å². The Balaban J connectivity index is 1.80. The molecule has 0 saturated heterocycles. The Morgan fingerprint density at radius 1 is 1.14 bits per heavy atom. The summed E-state index contributed by atoms with van der Waals surface area (Å²) in [5.41, 5.74) is 0.171. The number of carboxylic acids is 1. The highest BCUT2D eigenvalue weighted by Gasteiger charge is 2.41. The number of carbonyl (C=O) groups is 2. The lowest BCUT2D eigenvalue weighted by atomic mass is 9.81. The molecule has 1 amide bonds. The number of rotatable bonds is 3. The third-order valence-electron chi connectivity index (χ3n) is 4.39. The molecule has 1 saturated carbocycles. The molecule has 1 aliphatic carbocycles. The Hall–Kier alpha value is -2.30. The van der Waals surface area contributed by atoms with E-state index in [1.165, 1.54) is 0 Å². The summed E-state index contributed by atoms with van der Waals surface area (Å²) in [5.74, 6) is -0.554. The van der Waals surface area contributed by atoms with Gasteiger partial charge < -0.3 is 15.2 Å². The maximum Gasteiger partial charge on any atom is 0.329 e. The molecule has 0 atom stereocenters. The van der Waals surface area contributed by atoms with Gasteiger partial charge in [0, 0.05) is 5.56 Å². The average molecular weight is 301 g/mol. The van der Waals surface area contributed by atoms with Crippen molar-refractivity contribution in [3.63, 3.8) is 0 Å². The topological polar surface area (TPSA) is 75.6 Å². The van der Waals surface area contributed by atoms with E-state index < -0.39 is 11.5 Å². The maximum absolute atomic E-state index is 12.5. The molecule has 1 fully saturated rings. The summed E-state index contributed by atoms with van der Waals surface area (Å²) in [5, 5.41) is 12.3. The fourth-order valence-corrected chi connectivity index (χ4v) is 3.09. The van der Waals surface area contributed by atoms with E-state index in [9.17, 15) is 14.7 Å². The van der Waals surface area contributed by atoms with Gasteiger partial charge in [-0.25, -0.2) is 4.79 Å². The summed E-state index contributed by atoms with van der Waals surface area (Å²) in [6.07, 6.45) is 5.41. The van der Waals surface area contributed by atoms with E-state index in [4.69, 9.17) is 4.74 Å². The highest BCUT2D eigenvalue weighted by Crippen LogP contribution is 2.30. The van der Waals surface area contributed by atoms with Crippen LogP contribution in [0, 0.1) is 0 Å². The fraction of sp³-hybridized carbons (Fsp3) is 0.412. The molecule has 0 unspecified atom stereocenters. The minimum atomic E-state index is -1.13. The molecule has 116 valence electrons. The number of carbonyl (C=O) groups excluding carboxylic acids is 1. The highest BCUT2D eigenvalue weighted by atomic mass is 16.5. The van der Waals surface area contributed by atoms with Crippen LogP contribution in [0.2, 0.25) is 0 Å². The first-order valence-electron chi connectivity index (χ1n) is 7.59. The lowest BCUT2D eigenvalue weighted by molar-refractivity contribution is -0.148. The van der Waals surface area contributed by atoms with Crippen LogP contribution in [0.25, 0.3) is 6.08 Å². The number of amides is 1. The van der Waals surface area contributed by atoms with Gasteiger partial charge in [-0.3, -0.25) is 4.79 Å². The normalized spacial score (nSPS) is 19.4. The highest BCUT2D eigenvalue weighted by molar-refractivity contribution is 6.01. The van der Waals surface area contributed by atoms with E-state index in [1.54, 1.807) is 6.08 Å². The van der Waals surface area contributed by atoms with E-state index >= 15 is 0 Å². The van der Waals surface area contributed by atoms with Crippen LogP contribution in [-0.4, -0.2) is 29.1 Å². The quantitative estimate of drug-likeness (QED) is 0.898. The molecule has 0 aromatic heterocycles. The Labute approximate surface area is 129 Å². The molecule has 22 heavy (non-hydrogen) atoms. The van der Waals surface area contributed by atoms with Crippen molar-refractivity contribution in [1.82, 2.24) is 5.32 Å². The van der Waals surface area contributed by atoms with E-state index in [0.29, 0.717) is 18.4 Å². The van der Waals surface area contributed by atoms with E-state index in [0.717, 1.165) is 30.6 Å². The Morgan fingerprint density at radius 2 is 1.86 bits per heavy atom. The number of benzene rings is 1. The second kappa shape index (κ2) is 5.83. The Morgan fingerprint density at radius 3 is 2.59 bits per heavy atom. The average Bonchev–Trinajstić information content (AvgIpc) is 2.55. The van der Waals surface area contributed by atoms with Gasteiger partial charge in [-0.15, -0.1) is 0 Å². The molecule has 5 nitrogen and oxygen atoms in total. The standard InChI is InChI=1S/C17H19NO4/c19-15(18-17(16(20)21)8-4-1-5-9-17)13-10-12-6-2-3-7-14(12)22-11-13/h2-3,6-7,10H,1,4-5,8-9,11H2,(H,18,19)(H,20,21). The molecule has 0 bridgehead atoms. The summed E-state index contributed by atoms with van der Waals surface area (Å²) in [6, 6.07) is 7.47. The minimum absolute atomic E-state index is 0.165. The van der Waals surface area contributed by atoms with Crippen LogP contribution in [0.1, 0.15) is 37.7 Å². The number of ether oxygens (including phenoxy) is 1. The van der Waals surface area contributed by atoms with Gasteiger partial charge in [0.25, 0.3) is 5.91 Å². The first-order chi connectivity index (χ1) is 10.6. The molecule has 0 spiro atoms. The van der Waals surface area contributed by atoms with Gasteiger partial charge in [-0.05, 0) is 25.0 Å². The zero-order chi connectivity index (χ0) is 15.6. The molecular formula is C17H19NO4.